The molecule has 1 saturated carbocycles. The molecule has 1 N–H and O–H groups in total. The third-order valence-corrected chi connectivity index (χ3v) is 8.10. The first-order chi connectivity index (χ1) is 20.4. The summed E-state index contributed by atoms with van der Waals surface area (Å²) in [6.45, 7) is 13.5. The van der Waals surface area contributed by atoms with Gasteiger partial charge in [-0.2, -0.15) is 0 Å². The van der Waals surface area contributed by atoms with E-state index in [0.29, 0.717) is 0 Å². The van der Waals surface area contributed by atoms with Crippen LogP contribution in [0.5, 0.6) is 0 Å². The highest BCUT2D eigenvalue weighted by Gasteiger charge is 2.63. The molecule has 0 aliphatic heterocycles. The summed E-state index contributed by atoms with van der Waals surface area (Å²) in [5.74, 6) is -7.77. The summed E-state index contributed by atoms with van der Waals surface area (Å²) in [6, 6.07) is 8.05. The monoisotopic (exact) mass is 612 g/mol. The van der Waals surface area contributed by atoms with Crippen molar-refractivity contribution in [3.05, 3.63) is 60.2 Å². The van der Waals surface area contributed by atoms with Crippen molar-refractivity contribution < 1.29 is 52.8 Å². The summed E-state index contributed by atoms with van der Waals surface area (Å²) in [5.41, 5.74) is -3.65. The number of carbonyl (C=O) groups excluding carboxylic acids is 6. The summed E-state index contributed by atoms with van der Waals surface area (Å²) in [4.78, 5) is 78.4. The molecule has 0 heterocycles. The Labute approximate surface area is 256 Å². The van der Waals surface area contributed by atoms with Gasteiger partial charge in [0.15, 0.2) is 17.7 Å². The van der Waals surface area contributed by atoms with Crippen LogP contribution in [-0.4, -0.2) is 70.6 Å². The summed E-state index contributed by atoms with van der Waals surface area (Å²) < 4.78 is 22.5. The predicted molar refractivity (Wildman–Crippen MR) is 156 cm³/mol. The maximum atomic E-state index is 14.1. The van der Waals surface area contributed by atoms with Crippen molar-refractivity contribution in [2.24, 2.45) is 23.2 Å². The van der Waals surface area contributed by atoms with Gasteiger partial charge in [0, 0.05) is 37.7 Å². The largest absolute Gasteiger partial charge is 0.458 e. The van der Waals surface area contributed by atoms with Gasteiger partial charge in [-0.3, -0.25) is 24.0 Å². The number of rotatable bonds is 5. The van der Waals surface area contributed by atoms with E-state index in [1.54, 1.807) is 25.1 Å². The topological polar surface area (TPSA) is 160 Å². The third-order valence-electron chi connectivity index (χ3n) is 8.10. The number of allylic oxidation sites excluding steroid dienone is 2. The van der Waals surface area contributed by atoms with E-state index >= 15 is 0 Å². The van der Waals surface area contributed by atoms with Crippen LogP contribution in [0.3, 0.4) is 0 Å². The molecule has 11 nitrogen and oxygen atoms in total. The normalized spacial score (nSPS) is 32.7. The molecule has 0 aromatic heterocycles. The first-order valence-corrected chi connectivity index (χ1v) is 14.4. The smallest absolute Gasteiger partial charge is 0.338 e. The number of ketones is 2. The molecule has 0 bridgehead atoms. The number of hydrogen-bond donors (Lipinski definition) is 1. The Morgan fingerprint density at radius 3 is 1.89 bits per heavy atom. The first kappa shape index (κ1) is 34.4. The summed E-state index contributed by atoms with van der Waals surface area (Å²) >= 11 is 0. The third kappa shape index (κ3) is 7.15. The lowest BCUT2D eigenvalue weighted by Crippen LogP contribution is -2.56. The number of fused-ring (bicyclic) bond motifs is 1. The molecule has 2 aliphatic carbocycles. The van der Waals surface area contributed by atoms with E-state index in [1.807, 2.05) is 0 Å². The first-order valence-electron chi connectivity index (χ1n) is 14.4. The average Bonchev–Trinajstić information content (AvgIpc) is 3.20. The van der Waals surface area contributed by atoms with Gasteiger partial charge < -0.3 is 24.1 Å². The van der Waals surface area contributed by atoms with Crippen LogP contribution in [0.25, 0.3) is 0 Å². The maximum Gasteiger partial charge on any atom is 0.338 e. The molecule has 1 aromatic rings. The van der Waals surface area contributed by atoms with E-state index in [0.717, 1.165) is 20.8 Å². The van der Waals surface area contributed by atoms with Crippen molar-refractivity contribution in [3.8, 4) is 0 Å². The second-order valence-electron chi connectivity index (χ2n) is 12.1. The van der Waals surface area contributed by atoms with Gasteiger partial charge in [-0.25, -0.2) is 4.79 Å². The Morgan fingerprint density at radius 1 is 0.818 bits per heavy atom. The fourth-order valence-electron chi connectivity index (χ4n) is 5.99. The minimum atomic E-state index is -2.24. The number of ether oxygens (including phenoxy) is 4. The molecule has 238 valence electrons. The van der Waals surface area contributed by atoms with Gasteiger partial charge in [0.25, 0.3) is 0 Å². The van der Waals surface area contributed by atoms with E-state index in [-0.39, 0.29) is 17.6 Å². The highest BCUT2D eigenvalue weighted by atomic mass is 16.6. The molecule has 3 rings (SSSR count). The second kappa shape index (κ2) is 13.3. The molecule has 0 amide bonds. The number of esters is 4. The number of Topliss-reactive ketones (excluding diaryl/α,β-unsaturated/α-hetero) is 2. The maximum absolute atomic E-state index is 14.1. The van der Waals surface area contributed by atoms with E-state index in [4.69, 9.17) is 18.9 Å². The van der Waals surface area contributed by atoms with Gasteiger partial charge >= 0.3 is 23.9 Å². The summed E-state index contributed by atoms with van der Waals surface area (Å²) in [7, 11) is 0. The predicted octanol–water partition coefficient (Wildman–Crippen LogP) is 3.32. The van der Waals surface area contributed by atoms with Crippen LogP contribution < -0.4 is 0 Å². The van der Waals surface area contributed by atoms with Crippen LogP contribution in [-0.2, 0) is 42.9 Å². The highest BCUT2D eigenvalue weighted by molar-refractivity contribution is 5.95. The van der Waals surface area contributed by atoms with E-state index in [2.05, 4.69) is 6.58 Å². The van der Waals surface area contributed by atoms with Gasteiger partial charge in [0.2, 0.25) is 6.10 Å². The Balaban J connectivity index is 2.32. The van der Waals surface area contributed by atoms with Gasteiger partial charge in [-0.05, 0) is 38.3 Å². The molecular formula is C33H40O11. The molecule has 8 atom stereocenters. The molecule has 1 fully saturated rings. The fourth-order valence-corrected chi connectivity index (χ4v) is 5.99. The van der Waals surface area contributed by atoms with E-state index in [9.17, 15) is 33.9 Å². The van der Waals surface area contributed by atoms with Gasteiger partial charge in [-0.1, -0.05) is 50.8 Å². The minimum absolute atomic E-state index is 0.180. The SMILES string of the molecule is C=C1[C@H](OC(C)=O)[C@H]2[C@@H](OC(=O)c3ccccc3)[C@@H](C)C[C@]2(O)C(=O)[C@@H](C)/C=C/C(C)(C)C(=O)[C@H](OC(C)=O)[C@H]1OC(C)=O. The number of carbonyl (C=O) groups is 6. The lowest BCUT2D eigenvalue weighted by Gasteiger charge is -2.41. The quantitative estimate of drug-likeness (QED) is 0.295. The molecule has 0 saturated heterocycles. The van der Waals surface area contributed by atoms with Crippen LogP contribution in [0.2, 0.25) is 0 Å². The molecule has 0 unspecified atom stereocenters. The zero-order valence-electron chi connectivity index (χ0n) is 26.0. The van der Waals surface area contributed by atoms with Crippen LogP contribution in [0.15, 0.2) is 54.6 Å². The number of hydrogen-bond acceptors (Lipinski definition) is 11. The van der Waals surface area contributed by atoms with E-state index in [1.165, 1.54) is 45.1 Å². The standard InChI is InChI=1S/C33H40O11/c1-17-14-15-32(7,8)30(38)28(43-22(6)36)27(42-21(5)35)19(3)26(41-20(4)34)24-25(18(2)16-33(24,40)29(17)37)44-31(39)23-12-10-9-11-13-23/h9-15,17-18,24-28,40H,3,16H2,1-2,4-8H3/b15-14+/t17-,18-,24+,25-,26-,27-,28+,33+/m0/s1. The average molecular weight is 613 g/mol. The van der Waals surface area contributed by atoms with Crippen LogP contribution in [0, 0.1) is 23.2 Å². The Morgan fingerprint density at radius 2 is 1.34 bits per heavy atom. The Bertz CT molecular complexity index is 1360. The van der Waals surface area contributed by atoms with Crippen LogP contribution in [0.4, 0.5) is 0 Å². The zero-order chi connectivity index (χ0) is 33.1. The van der Waals surface area contributed by atoms with Crippen LogP contribution >= 0.6 is 0 Å². The van der Waals surface area contributed by atoms with Gasteiger partial charge in [0.05, 0.1) is 11.5 Å². The molecule has 11 heteroatoms. The second-order valence-corrected chi connectivity index (χ2v) is 12.1. The molecule has 0 spiro atoms. The van der Waals surface area contributed by atoms with Crippen molar-refractivity contribution in [1.82, 2.24) is 0 Å². The minimum Gasteiger partial charge on any atom is -0.458 e. The summed E-state index contributed by atoms with van der Waals surface area (Å²) in [5, 5.41) is 12.3. The fraction of sp³-hybridized carbons (Fsp3) is 0.515. The van der Waals surface area contributed by atoms with Gasteiger partial charge in [-0.15, -0.1) is 0 Å². The lowest BCUT2D eigenvalue weighted by molar-refractivity contribution is -0.174. The van der Waals surface area contributed by atoms with Crippen molar-refractivity contribution in [2.45, 2.75) is 84.9 Å². The Kier molecular flexibility index (Phi) is 10.4. The molecule has 44 heavy (non-hydrogen) atoms. The van der Waals surface area contributed by atoms with Crippen molar-refractivity contribution >= 4 is 35.4 Å². The highest BCUT2D eigenvalue weighted by Crippen LogP contribution is 2.49. The molecule has 1 aromatic carbocycles. The van der Waals surface area contributed by atoms with Crippen molar-refractivity contribution in [2.75, 3.05) is 0 Å². The lowest BCUT2D eigenvalue weighted by atomic mass is 9.72. The Hall–Kier alpha value is -4.12. The summed E-state index contributed by atoms with van der Waals surface area (Å²) in [6.07, 6.45) is -3.59. The van der Waals surface area contributed by atoms with Crippen LogP contribution in [0.1, 0.15) is 65.2 Å². The van der Waals surface area contributed by atoms with E-state index < -0.39 is 88.6 Å². The van der Waals surface area contributed by atoms with Crippen molar-refractivity contribution in [1.29, 1.82) is 0 Å². The molecule has 0 radical (unpaired) electrons. The zero-order valence-corrected chi connectivity index (χ0v) is 26.0. The number of aliphatic hydroxyl groups is 1. The van der Waals surface area contributed by atoms with Gasteiger partial charge in [0.1, 0.15) is 17.8 Å². The van der Waals surface area contributed by atoms with Crippen molar-refractivity contribution in [3.63, 3.8) is 0 Å². The number of benzene rings is 1. The molecule has 2 aliphatic rings. The molecular weight excluding hydrogens is 572 g/mol.